The maximum Gasteiger partial charge on any atom is 0.0718 e. The first-order valence-electron chi connectivity index (χ1n) is 5.20. The molecule has 1 N–H and O–H groups in total. The van der Waals surface area contributed by atoms with E-state index in [1.54, 1.807) is 6.20 Å². The van der Waals surface area contributed by atoms with Crippen molar-refractivity contribution in [2.24, 2.45) is 11.8 Å². The lowest BCUT2D eigenvalue weighted by atomic mass is 10.1. The second-order valence-corrected chi connectivity index (χ2v) is 4.75. The molecule has 3 rings (SSSR count). The van der Waals surface area contributed by atoms with E-state index in [1.165, 1.54) is 19.3 Å². The molecule has 2 saturated carbocycles. The second kappa shape index (κ2) is 3.13. The van der Waals surface area contributed by atoms with E-state index in [4.69, 9.17) is 11.6 Å². The zero-order valence-corrected chi connectivity index (χ0v) is 8.67. The molecule has 1 aromatic rings. The molecule has 0 amide bonds. The molecule has 3 atom stereocenters. The van der Waals surface area contributed by atoms with Crippen LogP contribution in [0.4, 0.5) is 5.69 Å². The monoisotopic (exact) mass is 208 g/mol. The van der Waals surface area contributed by atoms with Crippen molar-refractivity contribution in [3.63, 3.8) is 0 Å². The van der Waals surface area contributed by atoms with Gasteiger partial charge in [0, 0.05) is 12.2 Å². The van der Waals surface area contributed by atoms with Gasteiger partial charge in [0.1, 0.15) is 0 Å². The van der Waals surface area contributed by atoms with Gasteiger partial charge in [-0.3, -0.25) is 4.98 Å². The van der Waals surface area contributed by atoms with Crippen molar-refractivity contribution in [2.45, 2.75) is 25.3 Å². The Morgan fingerprint density at radius 2 is 2.36 bits per heavy atom. The van der Waals surface area contributed by atoms with Crippen molar-refractivity contribution in [1.29, 1.82) is 0 Å². The number of hydrogen-bond donors (Lipinski definition) is 1. The van der Waals surface area contributed by atoms with Crippen molar-refractivity contribution in [3.05, 3.63) is 23.5 Å². The summed E-state index contributed by atoms with van der Waals surface area (Å²) in [6.07, 6.45) is 7.64. The molecule has 1 heterocycles. The molecule has 0 spiro atoms. The topological polar surface area (TPSA) is 24.9 Å². The van der Waals surface area contributed by atoms with Gasteiger partial charge in [0.2, 0.25) is 0 Å². The highest BCUT2D eigenvalue weighted by Crippen LogP contribution is 2.52. The Morgan fingerprint density at radius 1 is 1.43 bits per heavy atom. The fraction of sp³-hybridized carbons (Fsp3) is 0.545. The van der Waals surface area contributed by atoms with E-state index >= 15 is 0 Å². The lowest BCUT2D eigenvalue weighted by molar-refractivity contribution is 0.654. The summed E-state index contributed by atoms with van der Waals surface area (Å²) in [7, 11) is 0. The van der Waals surface area contributed by atoms with Crippen molar-refractivity contribution in [1.82, 2.24) is 4.98 Å². The third kappa shape index (κ3) is 1.38. The number of nitrogens with one attached hydrogen (secondary N) is 1. The summed E-state index contributed by atoms with van der Waals surface area (Å²) in [5.74, 6) is 1.91. The van der Waals surface area contributed by atoms with Crippen LogP contribution < -0.4 is 5.32 Å². The smallest absolute Gasteiger partial charge is 0.0718 e. The highest BCUT2D eigenvalue weighted by atomic mass is 35.5. The first-order chi connectivity index (χ1) is 6.84. The van der Waals surface area contributed by atoms with Gasteiger partial charge in [-0.15, -0.1) is 0 Å². The summed E-state index contributed by atoms with van der Waals surface area (Å²) in [6.45, 7) is 0. The molecule has 74 valence electrons. The van der Waals surface area contributed by atoms with E-state index in [-0.39, 0.29) is 0 Å². The van der Waals surface area contributed by atoms with Crippen LogP contribution in [0.5, 0.6) is 0 Å². The summed E-state index contributed by atoms with van der Waals surface area (Å²) < 4.78 is 0. The Labute approximate surface area is 88.7 Å². The fourth-order valence-corrected chi connectivity index (χ4v) is 2.73. The summed E-state index contributed by atoms with van der Waals surface area (Å²) in [6, 6.07) is 2.48. The molecule has 3 unspecified atom stereocenters. The lowest BCUT2D eigenvalue weighted by Gasteiger charge is -2.16. The molecule has 0 radical (unpaired) electrons. The highest BCUT2D eigenvalue weighted by molar-refractivity contribution is 6.33. The normalized spacial score (nSPS) is 33.9. The predicted molar refractivity (Wildman–Crippen MR) is 57.5 cm³/mol. The average molecular weight is 209 g/mol. The number of rotatable bonds is 2. The van der Waals surface area contributed by atoms with Crippen LogP contribution in [0, 0.1) is 11.8 Å². The molecule has 2 aliphatic rings. The Morgan fingerprint density at radius 3 is 3.00 bits per heavy atom. The minimum absolute atomic E-state index is 0.640. The van der Waals surface area contributed by atoms with Crippen LogP contribution in [-0.2, 0) is 0 Å². The largest absolute Gasteiger partial charge is 0.380 e. The first-order valence-corrected chi connectivity index (χ1v) is 5.58. The molecule has 14 heavy (non-hydrogen) atoms. The quantitative estimate of drug-likeness (QED) is 0.809. The van der Waals surface area contributed by atoms with Gasteiger partial charge in [-0.1, -0.05) is 11.6 Å². The molecule has 0 bridgehead atoms. The molecule has 0 saturated heterocycles. The second-order valence-electron chi connectivity index (χ2n) is 4.34. The van der Waals surface area contributed by atoms with Gasteiger partial charge in [0.15, 0.2) is 0 Å². The van der Waals surface area contributed by atoms with E-state index in [2.05, 4.69) is 10.3 Å². The van der Waals surface area contributed by atoms with E-state index in [9.17, 15) is 0 Å². The van der Waals surface area contributed by atoms with Gasteiger partial charge in [-0.25, -0.2) is 0 Å². The van der Waals surface area contributed by atoms with Gasteiger partial charge in [0.25, 0.3) is 0 Å². The third-order valence-electron chi connectivity index (χ3n) is 3.45. The number of anilines is 1. The summed E-state index contributed by atoms with van der Waals surface area (Å²) in [5, 5.41) is 4.29. The molecular formula is C11H13ClN2. The fourth-order valence-electron chi connectivity index (χ4n) is 2.57. The van der Waals surface area contributed by atoms with Crippen molar-refractivity contribution >= 4 is 17.3 Å². The molecule has 2 nitrogen and oxygen atoms in total. The SMILES string of the molecule is Clc1ccncc1NC1CCC2CC21. The number of hydrogen-bond acceptors (Lipinski definition) is 2. The zero-order chi connectivity index (χ0) is 9.54. The van der Waals surface area contributed by atoms with Gasteiger partial charge in [0.05, 0.1) is 16.9 Å². The number of nitrogens with zero attached hydrogens (tertiary/aromatic N) is 1. The third-order valence-corrected chi connectivity index (χ3v) is 3.78. The minimum Gasteiger partial charge on any atom is -0.380 e. The highest BCUT2D eigenvalue weighted by Gasteiger charge is 2.47. The summed E-state index contributed by atoms with van der Waals surface area (Å²) in [5.41, 5.74) is 0.992. The minimum atomic E-state index is 0.640. The number of aromatic nitrogens is 1. The van der Waals surface area contributed by atoms with Gasteiger partial charge < -0.3 is 5.32 Å². The van der Waals surface area contributed by atoms with E-state index in [0.29, 0.717) is 6.04 Å². The summed E-state index contributed by atoms with van der Waals surface area (Å²) >= 11 is 6.06. The van der Waals surface area contributed by atoms with Gasteiger partial charge in [-0.05, 0) is 37.2 Å². The maximum atomic E-state index is 6.06. The van der Waals surface area contributed by atoms with Crippen molar-refractivity contribution in [2.75, 3.05) is 5.32 Å². The number of pyridine rings is 1. The van der Waals surface area contributed by atoms with Gasteiger partial charge in [-0.2, -0.15) is 0 Å². The van der Waals surface area contributed by atoms with Crippen LogP contribution in [-0.4, -0.2) is 11.0 Å². The Balaban J connectivity index is 1.74. The van der Waals surface area contributed by atoms with Crippen LogP contribution in [0.2, 0.25) is 5.02 Å². The van der Waals surface area contributed by atoms with E-state index in [1.807, 2.05) is 12.3 Å². The van der Waals surface area contributed by atoms with Crippen LogP contribution in [0.1, 0.15) is 19.3 Å². The molecule has 0 aromatic carbocycles. The van der Waals surface area contributed by atoms with E-state index < -0.39 is 0 Å². The average Bonchev–Trinajstić information content (AvgIpc) is 2.87. The Bertz CT molecular complexity index is 353. The van der Waals surface area contributed by atoms with Gasteiger partial charge >= 0.3 is 0 Å². The number of fused-ring (bicyclic) bond motifs is 1. The predicted octanol–water partition coefficient (Wildman–Crippen LogP) is 2.95. The summed E-state index contributed by atoms with van der Waals surface area (Å²) in [4.78, 5) is 4.08. The van der Waals surface area contributed by atoms with Crippen molar-refractivity contribution < 1.29 is 0 Å². The molecule has 1 aromatic heterocycles. The standard InChI is InChI=1S/C11H13ClN2/c12-9-3-4-13-6-11(9)14-10-2-1-7-5-8(7)10/h3-4,6-8,10,14H,1-2,5H2. The molecule has 3 heteroatoms. The van der Waals surface area contributed by atoms with E-state index in [0.717, 1.165) is 22.5 Å². The van der Waals surface area contributed by atoms with Crippen molar-refractivity contribution in [3.8, 4) is 0 Å². The Kier molecular flexibility index (Phi) is 1.91. The Hall–Kier alpha value is -0.760. The molecule has 0 aliphatic heterocycles. The van der Waals surface area contributed by atoms with Crippen LogP contribution in [0.15, 0.2) is 18.5 Å². The zero-order valence-electron chi connectivity index (χ0n) is 7.91. The van der Waals surface area contributed by atoms with Crippen LogP contribution in [0.3, 0.4) is 0 Å². The molecule has 2 aliphatic carbocycles. The van der Waals surface area contributed by atoms with Crippen LogP contribution in [0.25, 0.3) is 0 Å². The maximum absolute atomic E-state index is 6.06. The molecular weight excluding hydrogens is 196 g/mol. The van der Waals surface area contributed by atoms with Crippen LogP contribution >= 0.6 is 11.6 Å². The molecule has 2 fully saturated rings. The number of halogens is 1. The first kappa shape index (κ1) is 8.54. The lowest BCUT2D eigenvalue weighted by Crippen LogP contribution is -2.19.